The third-order valence-electron chi connectivity index (χ3n) is 3.44. The zero-order valence-electron chi connectivity index (χ0n) is 11.7. The van der Waals surface area contributed by atoms with Crippen molar-refractivity contribution in [1.29, 1.82) is 0 Å². The van der Waals surface area contributed by atoms with Gasteiger partial charge in [0.15, 0.2) is 0 Å². The maximum absolute atomic E-state index is 11.2. The number of benzene rings is 1. The van der Waals surface area contributed by atoms with Crippen molar-refractivity contribution in [2.75, 3.05) is 25.5 Å². The lowest BCUT2D eigenvalue weighted by molar-refractivity contribution is -0.128. The van der Waals surface area contributed by atoms with Crippen LogP contribution in [0.5, 0.6) is 0 Å². The van der Waals surface area contributed by atoms with Crippen LogP contribution in [0.15, 0.2) is 24.3 Å². The highest BCUT2D eigenvalue weighted by Gasteiger charge is 2.14. The van der Waals surface area contributed by atoms with Crippen LogP contribution < -0.4 is 5.32 Å². The van der Waals surface area contributed by atoms with Crippen molar-refractivity contribution in [2.45, 2.75) is 32.4 Å². The van der Waals surface area contributed by atoms with Gasteiger partial charge in [0, 0.05) is 39.4 Å². The Hall–Kier alpha value is -1.55. The van der Waals surface area contributed by atoms with Gasteiger partial charge in [0.05, 0.1) is 6.10 Å². The Bertz CT molecular complexity index is 428. The summed E-state index contributed by atoms with van der Waals surface area (Å²) in [4.78, 5) is 12.9. The van der Waals surface area contributed by atoms with E-state index < -0.39 is 0 Å². The van der Waals surface area contributed by atoms with E-state index in [0.717, 1.165) is 37.2 Å². The van der Waals surface area contributed by atoms with Crippen LogP contribution in [0.4, 0.5) is 5.69 Å². The Morgan fingerprint density at radius 3 is 3.05 bits per heavy atom. The molecule has 1 N–H and O–H groups in total. The molecule has 1 aliphatic rings. The molecule has 104 valence electrons. The van der Waals surface area contributed by atoms with E-state index in [0.29, 0.717) is 12.6 Å². The number of carbonyl (C=O) groups excluding carboxylic acids is 1. The lowest BCUT2D eigenvalue weighted by Gasteiger charge is -2.16. The van der Waals surface area contributed by atoms with Crippen LogP contribution in [-0.2, 0) is 16.1 Å². The minimum atomic E-state index is 0.0812. The van der Waals surface area contributed by atoms with Gasteiger partial charge in [-0.1, -0.05) is 12.1 Å². The molecule has 0 bridgehead atoms. The van der Waals surface area contributed by atoms with Crippen LogP contribution in [0.25, 0.3) is 0 Å². The molecule has 0 aliphatic carbocycles. The maximum atomic E-state index is 11.2. The Morgan fingerprint density at radius 2 is 2.37 bits per heavy atom. The second-order valence-corrected chi connectivity index (χ2v) is 5.09. The summed E-state index contributed by atoms with van der Waals surface area (Å²) in [7, 11) is 1.81. The topological polar surface area (TPSA) is 41.6 Å². The van der Waals surface area contributed by atoms with Gasteiger partial charge in [-0.25, -0.2) is 0 Å². The van der Waals surface area contributed by atoms with Crippen molar-refractivity contribution in [3.63, 3.8) is 0 Å². The predicted molar refractivity (Wildman–Crippen MR) is 76.1 cm³/mol. The average Bonchev–Trinajstić information content (AvgIpc) is 2.90. The lowest BCUT2D eigenvalue weighted by Crippen LogP contribution is -2.23. The summed E-state index contributed by atoms with van der Waals surface area (Å²) in [6.07, 6.45) is 2.64. The Morgan fingerprint density at radius 1 is 1.53 bits per heavy atom. The van der Waals surface area contributed by atoms with Gasteiger partial charge in [-0.05, 0) is 30.5 Å². The fourth-order valence-electron chi connectivity index (χ4n) is 2.20. The molecule has 1 fully saturated rings. The van der Waals surface area contributed by atoms with E-state index in [-0.39, 0.29) is 5.91 Å². The fraction of sp³-hybridized carbons (Fsp3) is 0.533. The second-order valence-electron chi connectivity index (χ2n) is 5.09. The molecule has 1 unspecified atom stereocenters. The van der Waals surface area contributed by atoms with Gasteiger partial charge in [-0.3, -0.25) is 4.79 Å². The molecule has 0 aromatic heterocycles. The zero-order chi connectivity index (χ0) is 13.7. The molecule has 0 spiro atoms. The van der Waals surface area contributed by atoms with Crippen LogP contribution in [-0.4, -0.2) is 37.1 Å². The van der Waals surface area contributed by atoms with Gasteiger partial charge in [-0.2, -0.15) is 0 Å². The highest BCUT2D eigenvalue weighted by Crippen LogP contribution is 2.15. The molecule has 0 saturated carbocycles. The van der Waals surface area contributed by atoms with E-state index in [9.17, 15) is 4.79 Å². The number of carbonyl (C=O) groups is 1. The van der Waals surface area contributed by atoms with Crippen LogP contribution >= 0.6 is 0 Å². The summed E-state index contributed by atoms with van der Waals surface area (Å²) in [5.74, 6) is 0.0812. The molecule has 19 heavy (non-hydrogen) atoms. The molecule has 1 saturated heterocycles. The third kappa shape index (κ3) is 4.24. The van der Waals surface area contributed by atoms with Crippen LogP contribution in [0.3, 0.4) is 0 Å². The molecular formula is C15H22N2O2. The summed E-state index contributed by atoms with van der Waals surface area (Å²) < 4.78 is 5.59. The van der Waals surface area contributed by atoms with Crippen molar-refractivity contribution >= 4 is 11.6 Å². The van der Waals surface area contributed by atoms with E-state index in [4.69, 9.17) is 4.74 Å². The molecule has 1 amide bonds. The molecule has 4 heteroatoms. The summed E-state index contributed by atoms with van der Waals surface area (Å²) in [6.45, 7) is 3.96. The molecule has 1 aromatic carbocycles. The Kier molecular flexibility index (Phi) is 4.80. The minimum absolute atomic E-state index is 0.0812. The molecule has 4 nitrogen and oxygen atoms in total. The molecule has 1 aliphatic heterocycles. The number of rotatable bonds is 5. The molecule has 1 heterocycles. The predicted octanol–water partition coefficient (Wildman–Crippen LogP) is 2.26. The fourth-order valence-corrected chi connectivity index (χ4v) is 2.20. The first-order valence-electron chi connectivity index (χ1n) is 6.81. The SMILES string of the molecule is CC(=O)N(C)Cc1cccc(NCC2CCCO2)c1. The molecular weight excluding hydrogens is 240 g/mol. The zero-order valence-corrected chi connectivity index (χ0v) is 11.7. The number of nitrogens with zero attached hydrogens (tertiary/aromatic N) is 1. The second kappa shape index (κ2) is 6.57. The van der Waals surface area contributed by atoms with E-state index in [1.54, 1.807) is 11.8 Å². The van der Waals surface area contributed by atoms with E-state index >= 15 is 0 Å². The van der Waals surface area contributed by atoms with E-state index in [2.05, 4.69) is 11.4 Å². The molecule has 0 radical (unpaired) electrons. The highest BCUT2D eigenvalue weighted by atomic mass is 16.5. The van der Waals surface area contributed by atoms with Crippen molar-refractivity contribution in [1.82, 2.24) is 4.90 Å². The normalized spacial score (nSPS) is 18.3. The standard InChI is InChI=1S/C15H22N2O2/c1-12(18)17(2)11-13-5-3-6-14(9-13)16-10-15-7-4-8-19-15/h3,5-6,9,15-16H,4,7-8,10-11H2,1-2H3. The smallest absolute Gasteiger partial charge is 0.219 e. The van der Waals surface area contributed by atoms with Gasteiger partial charge in [0.2, 0.25) is 5.91 Å². The van der Waals surface area contributed by atoms with Gasteiger partial charge in [0.25, 0.3) is 0 Å². The van der Waals surface area contributed by atoms with Gasteiger partial charge < -0.3 is 15.0 Å². The number of hydrogen-bond donors (Lipinski definition) is 1. The Labute approximate surface area is 114 Å². The number of anilines is 1. The van der Waals surface area contributed by atoms with Gasteiger partial charge >= 0.3 is 0 Å². The van der Waals surface area contributed by atoms with Crippen LogP contribution in [0, 0.1) is 0 Å². The van der Waals surface area contributed by atoms with Crippen LogP contribution in [0.2, 0.25) is 0 Å². The first-order valence-corrected chi connectivity index (χ1v) is 6.81. The monoisotopic (exact) mass is 262 g/mol. The first-order chi connectivity index (χ1) is 9.15. The minimum Gasteiger partial charge on any atom is -0.382 e. The number of nitrogens with one attached hydrogen (secondary N) is 1. The largest absolute Gasteiger partial charge is 0.382 e. The van der Waals surface area contributed by atoms with Gasteiger partial charge in [0.1, 0.15) is 0 Å². The van der Waals surface area contributed by atoms with Crippen molar-refractivity contribution in [2.24, 2.45) is 0 Å². The molecule has 1 aromatic rings. The van der Waals surface area contributed by atoms with E-state index in [1.807, 2.05) is 25.2 Å². The molecule has 1 atom stereocenters. The van der Waals surface area contributed by atoms with E-state index in [1.165, 1.54) is 0 Å². The number of amides is 1. The van der Waals surface area contributed by atoms with Crippen molar-refractivity contribution in [3.05, 3.63) is 29.8 Å². The van der Waals surface area contributed by atoms with Crippen molar-refractivity contribution < 1.29 is 9.53 Å². The summed E-state index contributed by atoms with van der Waals surface area (Å²) in [6, 6.07) is 8.19. The Balaban J connectivity index is 1.88. The number of ether oxygens (including phenoxy) is 1. The highest BCUT2D eigenvalue weighted by molar-refractivity contribution is 5.72. The summed E-state index contributed by atoms with van der Waals surface area (Å²) in [5, 5.41) is 3.40. The van der Waals surface area contributed by atoms with Gasteiger partial charge in [-0.15, -0.1) is 0 Å². The summed E-state index contributed by atoms with van der Waals surface area (Å²) >= 11 is 0. The maximum Gasteiger partial charge on any atom is 0.219 e. The average molecular weight is 262 g/mol. The lowest BCUT2D eigenvalue weighted by atomic mass is 10.2. The van der Waals surface area contributed by atoms with Crippen LogP contribution in [0.1, 0.15) is 25.3 Å². The number of hydrogen-bond acceptors (Lipinski definition) is 3. The van der Waals surface area contributed by atoms with Crippen molar-refractivity contribution in [3.8, 4) is 0 Å². The quantitative estimate of drug-likeness (QED) is 0.885. The first kappa shape index (κ1) is 13.9. The third-order valence-corrected chi connectivity index (χ3v) is 3.44. The molecule has 2 rings (SSSR count). The summed E-state index contributed by atoms with van der Waals surface area (Å²) in [5.41, 5.74) is 2.22.